The van der Waals surface area contributed by atoms with Crippen molar-refractivity contribution in [3.8, 4) is 0 Å². The third kappa shape index (κ3) is 2.52. The predicted molar refractivity (Wildman–Crippen MR) is 60.5 cm³/mol. The zero-order valence-electron chi connectivity index (χ0n) is 9.35. The Morgan fingerprint density at radius 3 is 2.94 bits per heavy atom. The van der Waals surface area contributed by atoms with E-state index < -0.39 is 10.7 Å². The van der Waals surface area contributed by atoms with Gasteiger partial charge in [-0.2, -0.15) is 0 Å². The minimum atomic E-state index is -0.526. The van der Waals surface area contributed by atoms with Crippen LogP contribution in [0.15, 0.2) is 18.2 Å². The van der Waals surface area contributed by atoms with Crippen molar-refractivity contribution in [2.45, 2.75) is 25.5 Å². The zero-order valence-corrected chi connectivity index (χ0v) is 9.35. The lowest BCUT2D eigenvalue weighted by Gasteiger charge is -2.17. The first-order chi connectivity index (χ1) is 8.08. The van der Waals surface area contributed by atoms with E-state index in [1.54, 1.807) is 0 Å². The van der Waals surface area contributed by atoms with Crippen molar-refractivity contribution in [2.24, 2.45) is 0 Å². The second-order valence-electron chi connectivity index (χ2n) is 4.03. The number of nitro groups is 1. The molecule has 0 amide bonds. The van der Waals surface area contributed by atoms with Gasteiger partial charge in [0, 0.05) is 18.7 Å². The van der Waals surface area contributed by atoms with Crippen molar-refractivity contribution in [2.75, 3.05) is 11.9 Å². The summed E-state index contributed by atoms with van der Waals surface area (Å²) >= 11 is 0. The SMILES string of the molecule is CC1OCCC1Nc1cc(F)ccc1[N+](=O)[O-]. The van der Waals surface area contributed by atoms with Crippen molar-refractivity contribution in [3.63, 3.8) is 0 Å². The summed E-state index contributed by atoms with van der Waals surface area (Å²) in [7, 11) is 0. The number of nitrogens with one attached hydrogen (secondary N) is 1. The molecule has 0 saturated carbocycles. The Balaban J connectivity index is 2.24. The van der Waals surface area contributed by atoms with Gasteiger partial charge in [-0.1, -0.05) is 0 Å². The lowest BCUT2D eigenvalue weighted by atomic mass is 10.1. The maximum absolute atomic E-state index is 13.1. The Hall–Kier alpha value is -1.69. The minimum Gasteiger partial charge on any atom is -0.376 e. The molecule has 1 fully saturated rings. The van der Waals surface area contributed by atoms with Gasteiger partial charge in [-0.15, -0.1) is 0 Å². The van der Waals surface area contributed by atoms with E-state index in [1.165, 1.54) is 0 Å². The number of anilines is 1. The van der Waals surface area contributed by atoms with Gasteiger partial charge < -0.3 is 10.1 Å². The fourth-order valence-corrected chi connectivity index (χ4v) is 1.90. The van der Waals surface area contributed by atoms with Crippen LogP contribution in [-0.2, 0) is 4.74 Å². The van der Waals surface area contributed by atoms with Crippen molar-refractivity contribution >= 4 is 11.4 Å². The van der Waals surface area contributed by atoms with Gasteiger partial charge in [0.1, 0.15) is 11.5 Å². The van der Waals surface area contributed by atoms with E-state index in [4.69, 9.17) is 4.74 Å². The van der Waals surface area contributed by atoms with Gasteiger partial charge >= 0.3 is 0 Å². The molecule has 0 bridgehead atoms. The first-order valence-corrected chi connectivity index (χ1v) is 5.40. The highest BCUT2D eigenvalue weighted by molar-refractivity contribution is 5.62. The predicted octanol–water partition coefficient (Wildman–Crippen LogP) is 2.32. The maximum Gasteiger partial charge on any atom is 0.292 e. The van der Waals surface area contributed by atoms with Crippen molar-refractivity contribution < 1.29 is 14.1 Å². The molecule has 0 aromatic heterocycles. The van der Waals surface area contributed by atoms with Crippen molar-refractivity contribution in [1.29, 1.82) is 0 Å². The number of ether oxygens (including phenoxy) is 1. The van der Waals surface area contributed by atoms with Crippen LogP contribution in [0.4, 0.5) is 15.8 Å². The molecule has 6 heteroatoms. The monoisotopic (exact) mass is 240 g/mol. The van der Waals surface area contributed by atoms with Crippen LogP contribution in [0.25, 0.3) is 0 Å². The Morgan fingerprint density at radius 1 is 1.59 bits per heavy atom. The van der Waals surface area contributed by atoms with Gasteiger partial charge in [0.05, 0.1) is 17.1 Å². The second kappa shape index (κ2) is 4.67. The van der Waals surface area contributed by atoms with Crippen LogP contribution in [0.5, 0.6) is 0 Å². The highest BCUT2D eigenvalue weighted by Gasteiger charge is 2.26. The summed E-state index contributed by atoms with van der Waals surface area (Å²) in [6.07, 6.45) is 0.729. The number of rotatable bonds is 3. The smallest absolute Gasteiger partial charge is 0.292 e. The molecule has 1 aliphatic heterocycles. The zero-order chi connectivity index (χ0) is 12.4. The molecule has 1 heterocycles. The average Bonchev–Trinajstić information content (AvgIpc) is 2.64. The van der Waals surface area contributed by atoms with Crippen LogP contribution in [0.2, 0.25) is 0 Å². The first-order valence-electron chi connectivity index (χ1n) is 5.40. The highest BCUT2D eigenvalue weighted by Crippen LogP contribution is 2.28. The number of hydrogen-bond acceptors (Lipinski definition) is 4. The summed E-state index contributed by atoms with van der Waals surface area (Å²) in [6.45, 7) is 2.50. The summed E-state index contributed by atoms with van der Waals surface area (Å²) in [5.41, 5.74) is 0.0860. The van der Waals surface area contributed by atoms with Crippen LogP contribution >= 0.6 is 0 Å². The van der Waals surface area contributed by atoms with Gasteiger partial charge in [-0.25, -0.2) is 4.39 Å². The Labute approximate surface area is 97.7 Å². The molecule has 1 aromatic rings. The molecule has 1 aromatic carbocycles. The molecular weight excluding hydrogens is 227 g/mol. The van der Waals surface area contributed by atoms with Crippen LogP contribution in [0.3, 0.4) is 0 Å². The number of halogens is 1. The molecule has 0 radical (unpaired) electrons. The van der Waals surface area contributed by atoms with Gasteiger partial charge in [0.25, 0.3) is 5.69 Å². The summed E-state index contributed by atoms with van der Waals surface area (Å²) in [5, 5.41) is 13.8. The third-order valence-corrected chi connectivity index (χ3v) is 2.87. The Morgan fingerprint density at radius 2 is 2.35 bits per heavy atom. The summed E-state index contributed by atoms with van der Waals surface area (Å²) in [5.74, 6) is -0.496. The molecule has 2 unspecified atom stereocenters. The Kier molecular flexibility index (Phi) is 3.23. The second-order valence-corrected chi connectivity index (χ2v) is 4.03. The summed E-state index contributed by atoms with van der Waals surface area (Å²) in [4.78, 5) is 10.3. The normalized spacial score (nSPS) is 23.6. The molecule has 0 spiro atoms. The van der Waals surface area contributed by atoms with E-state index in [-0.39, 0.29) is 23.5 Å². The number of nitro benzene ring substituents is 1. The van der Waals surface area contributed by atoms with E-state index in [0.29, 0.717) is 6.61 Å². The fourth-order valence-electron chi connectivity index (χ4n) is 1.90. The van der Waals surface area contributed by atoms with Crippen LogP contribution < -0.4 is 5.32 Å². The van der Waals surface area contributed by atoms with E-state index >= 15 is 0 Å². The van der Waals surface area contributed by atoms with Crippen LogP contribution in [0.1, 0.15) is 13.3 Å². The molecule has 0 aliphatic carbocycles. The molecule has 2 atom stereocenters. The molecular formula is C11H13FN2O3. The van der Waals surface area contributed by atoms with E-state index in [0.717, 1.165) is 24.6 Å². The maximum atomic E-state index is 13.1. The van der Waals surface area contributed by atoms with E-state index in [1.807, 2.05) is 6.92 Å². The van der Waals surface area contributed by atoms with Gasteiger partial charge in [0.15, 0.2) is 0 Å². The molecule has 5 nitrogen and oxygen atoms in total. The first kappa shape index (κ1) is 11.8. The van der Waals surface area contributed by atoms with E-state index in [9.17, 15) is 14.5 Å². The number of hydrogen-bond donors (Lipinski definition) is 1. The standard InChI is InChI=1S/C11H13FN2O3/c1-7-9(4-5-17-7)13-10-6-8(12)2-3-11(10)14(15)16/h2-3,6-7,9,13H,4-5H2,1H3. The highest BCUT2D eigenvalue weighted by atomic mass is 19.1. The van der Waals surface area contributed by atoms with Gasteiger partial charge in [-0.3, -0.25) is 10.1 Å². The Bertz CT molecular complexity index is 439. The molecule has 2 rings (SSSR count). The van der Waals surface area contributed by atoms with Crippen LogP contribution in [-0.4, -0.2) is 23.7 Å². The van der Waals surface area contributed by atoms with Gasteiger partial charge in [-0.05, 0) is 19.4 Å². The quantitative estimate of drug-likeness (QED) is 0.650. The summed E-state index contributed by atoms with van der Waals surface area (Å²) in [6, 6.07) is 3.37. The third-order valence-electron chi connectivity index (χ3n) is 2.87. The van der Waals surface area contributed by atoms with Crippen molar-refractivity contribution in [1.82, 2.24) is 0 Å². The largest absolute Gasteiger partial charge is 0.376 e. The molecule has 1 saturated heterocycles. The van der Waals surface area contributed by atoms with Gasteiger partial charge in [0.2, 0.25) is 0 Å². The van der Waals surface area contributed by atoms with Crippen LogP contribution in [0, 0.1) is 15.9 Å². The lowest BCUT2D eigenvalue weighted by molar-refractivity contribution is -0.384. The van der Waals surface area contributed by atoms with E-state index in [2.05, 4.69) is 5.32 Å². The summed E-state index contributed by atoms with van der Waals surface area (Å²) < 4.78 is 18.4. The fraction of sp³-hybridized carbons (Fsp3) is 0.455. The molecule has 1 aliphatic rings. The average molecular weight is 240 g/mol. The topological polar surface area (TPSA) is 64.4 Å². The minimum absolute atomic E-state index is 0.0181. The molecule has 1 N–H and O–H groups in total. The molecule has 92 valence electrons. The molecule has 17 heavy (non-hydrogen) atoms. The number of nitrogens with zero attached hydrogens (tertiary/aromatic N) is 1. The lowest BCUT2D eigenvalue weighted by Crippen LogP contribution is -2.27. The van der Waals surface area contributed by atoms with Crippen molar-refractivity contribution in [3.05, 3.63) is 34.1 Å². The number of benzene rings is 1.